The van der Waals surface area contributed by atoms with Crippen molar-refractivity contribution in [2.75, 3.05) is 23.5 Å². The van der Waals surface area contributed by atoms with Crippen molar-refractivity contribution in [3.05, 3.63) is 23.8 Å². The molecular formula is C12H15ClF3NO3S. The average Bonchev–Trinajstić information content (AvgIpc) is 2.37. The van der Waals surface area contributed by atoms with E-state index in [4.69, 9.17) is 11.6 Å². The zero-order valence-corrected chi connectivity index (χ0v) is 12.8. The molecule has 9 heteroatoms. The summed E-state index contributed by atoms with van der Waals surface area (Å²) in [7, 11) is -2.59. The molecular weight excluding hydrogens is 331 g/mol. The Hall–Kier alpha value is -1.15. The first-order valence-corrected chi connectivity index (χ1v) is 8.20. The lowest BCUT2D eigenvalue weighted by Crippen LogP contribution is -2.17. The number of ether oxygens (including phenoxy) is 1. The first-order valence-electron chi connectivity index (χ1n) is 6.01. The van der Waals surface area contributed by atoms with E-state index < -0.39 is 21.8 Å². The average molecular weight is 346 g/mol. The highest BCUT2D eigenvalue weighted by atomic mass is 35.5. The van der Waals surface area contributed by atoms with E-state index >= 15 is 0 Å². The van der Waals surface area contributed by atoms with Gasteiger partial charge in [-0.05, 0) is 31.0 Å². The number of rotatable bonds is 7. The van der Waals surface area contributed by atoms with Gasteiger partial charge in [0.1, 0.15) is 5.75 Å². The van der Waals surface area contributed by atoms with Crippen LogP contribution in [0.3, 0.4) is 0 Å². The first-order chi connectivity index (χ1) is 9.69. The van der Waals surface area contributed by atoms with Crippen LogP contribution in [-0.4, -0.2) is 27.2 Å². The van der Waals surface area contributed by atoms with Crippen LogP contribution in [0.1, 0.15) is 18.4 Å². The minimum Gasteiger partial charge on any atom is -0.496 e. The minimum absolute atomic E-state index is 0.158. The largest absolute Gasteiger partial charge is 0.496 e. The molecule has 0 saturated heterocycles. The Morgan fingerprint density at radius 2 is 1.95 bits per heavy atom. The molecule has 0 unspecified atom stereocenters. The van der Waals surface area contributed by atoms with Crippen molar-refractivity contribution in [2.24, 2.45) is 0 Å². The molecule has 0 aromatic heterocycles. The lowest BCUT2D eigenvalue weighted by atomic mass is 10.1. The second kappa shape index (κ2) is 7.22. The number of anilines is 1. The molecule has 1 rings (SSSR count). The number of nitrogens with one attached hydrogen (secondary N) is 1. The van der Waals surface area contributed by atoms with E-state index in [1.165, 1.54) is 6.07 Å². The third-order valence-corrected chi connectivity index (χ3v) is 4.22. The van der Waals surface area contributed by atoms with Crippen molar-refractivity contribution in [3.63, 3.8) is 0 Å². The second-order valence-corrected chi connectivity index (χ2v) is 6.45. The molecule has 0 atom stereocenters. The Morgan fingerprint density at radius 1 is 1.29 bits per heavy atom. The van der Waals surface area contributed by atoms with Gasteiger partial charge in [-0.25, -0.2) is 8.42 Å². The molecule has 1 aromatic carbocycles. The predicted molar refractivity (Wildman–Crippen MR) is 75.4 cm³/mol. The van der Waals surface area contributed by atoms with Gasteiger partial charge in [0.2, 0.25) is 10.0 Å². The van der Waals surface area contributed by atoms with Crippen LogP contribution in [0.25, 0.3) is 0 Å². The van der Waals surface area contributed by atoms with Gasteiger partial charge in [-0.1, -0.05) is 0 Å². The summed E-state index contributed by atoms with van der Waals surface area (Å²) in [6.07, 6.45) is -3.79. The third kappa shape index (κ3) is 5.62. The van der Waals surface area contributed by atoms with Gasteiger partial charge in [0.25, 0.3) is 0 Å². The number of hydrogen-bond acceptors (Lipinski definition) is 3. The van der Waals surface area contributed by atoms with Crippen molar-refractivity contribution in [1.29, 1.82) is 0 Å². The fourth-order valence-electron chi connectivity index (χ4n) is 1.61. The van der Waals surface area contributed by atoms with E-state index in [1.54, 1.807) is 0 Å². The Kier molecular flexibility index (Phi) is 6.15. The molecule has 120 valence electrons. The maximum atomic E-state index is 12.8. The molecule has 21 heavy (non-hydrogen) atoms. The quantitative estimate of drug-likeness (QED) is 0.608. The molecule has 0 radical (unpaired) electrons. The molecule has 1 aromatic rings. The van der Waals surface area contributed by atoms with E-state index in [0.717, 1.165) is 13.2 Å². The van der Waals surface area contributed by atoms with Crippen LogP contribution in [0.4, 0.5) is 18.9 Å². The minimum atomic E-state index is -4.63. The molecule has 0 saturated carbocycles. The SMILES string of the molecule is COc1ccc(NS(=O)(=O)CCCCCl)cc1C(F)(F)F. The summed E-state index contributed by atoms with van der Waals surface area (Å²) in [6.45, 7) is 0. The molecule has 0 spiro atoms. The molecule has 0 amide bonds. The smallest absolute Gasteiger partial charge is 0.420 e. The maximum absolute atomic E-state index is 12.8. The monoisotopic (exact) mass is 345 g/mol. The fourth-order valence-corrected chi connectivity index (χ4v) is 2.97. The van der Waals surface area contributed by atoms with Gasteiger partial charge in [0.05, 0.1) is 18.4 Å². The van der Waals surface area contributed by atoms with Crippen LogP contribution < -0.4 is 9.46 Å². The van der Waals surface area contributed by atoms with Gasteiger partial charge in [-0.2, -0.15) is 13.2 Å². The number of halogens is 4. The molecule has 1 N–H and O–H groups in total. The highest BCUT2D eigenvalue weighted by Crippen LogP contribution is 2.37. The second-order valence-electron chi connectivity index (χ2n) is 4.23. The van der Waals surface area contributed by atoms with Crippen LogP contribution >= 0.6 is 11.6 Å². The Labute approximate surface area is 126 Å². The highest BCUT2D eigenvalue weighted by molar-refractivity contribution is 7.92. The van der Waals surface area contributed by atoms with Crippen LogP contribution in [0, 0.1) is 0 Å². The zero-order chi connectivity index (χ0) is 16.1. The molecule has 0 fully saturated rings. The van der Waals surface area contributed by atoms with E-state index in [0.29, 0.717) is 24.8 Å². The maximum Gasteiger partial charge on any atom is 0.420 e. The number of unbranched alkanes of at least 4 members (excludes halogenated alkanes) is 1. The molecule has 0 aliphatic carbocycles. The first kappa shape index (κ1) is 17.9. The number of sulfonamides is 1. The van der Waals surface area contributed by atoms with Gasteiger partial charge in [-0.15, -0.1) is 11.6 Å². The predicted octanol–water partition coefficient (Wildman–Crippen LogP) is 3.47. The standard InChI is InChI=1S/C12H15ClF3NO3S/c1-20-11-5-4-9(8-10(11)12(14,15)16)17-21(18,19)7-3-2-6-13/h4-5,8,17H,2-3,6-7H2,1H3. The van der Waals surface area contributed by atoms with Crippen molar-refractivity contribution < 1.29 is 26.3 Å². The van der Waals surface area contributed by atoms with Crippen molar-refractivity contribution >= 4 is 27.3 Å². The number of benzene rings is 1. The summed E-state index contributed by atoms with van der Waals surface area (Å²) in [6, 6.07) is 2.99. The lowest BCUT2D eigenvalue weighted by Gasteiger charge is -2.14. The third-order valence-electron chi connectivity index (χ3n) is 2.57. The van der Waals surface area contributed by atoms with E-state index in [-0.39, 0.29) is 17.2 Å². The lowest BCUT2D eigenvalue weighted by molar-refractivity contribution is -0.138. The summed E-state index contributed by atoms with van der Waals surface area (Å²) < 4.78 is 68.7. The molecule has 0 aliphatic rings. The number of methoxy groups -OCH3 is 1. The highest BCUT2D eigenvalue weighted by Gasteiger charge is 2.34. The summed E-state index contributed by atoms with van der Waals surface area (Å²) in [5.74, 6) is -0.240. The number of alkyl halides is 4. The summed E-state index contributed by atoms with van der Waals surface area (Å²) >= 11 is 5.44. The summed E-state index contributed by atoms with van der Waals surface area (Å²) in [5.41, 5.74) is -1.19. The van der Waals surface area contributed by atoms with Crippen LogP contribution in [0.15, 0.2) is 18.2 Å². The summed E-state index contributed by atoms with van der Waals surface area (Å²) in [4.78, 5) is 0. The normalized spacial score (nSPS) is 12.2. The van der Waals surface area contributed by atoms with Gasteiger partial charge in [-0.3, -0.25) is 4.72 Å². The van der Waals surface area contributed by atoms with Gasteiger partial charge >= 0.3 is 6.18 Å². The van der Waals surface area contributed by atoms with Crippen LogP contribution in [-0.2, 0) is 16.2 Å². The van der Waals surface area contributed by atoms with E-state index in [1.807, 2.05) is 0 Å². The van der Waals surface area contributed by atoms with Gasteiger partial charge < -0.3 is 4.74 Å². The Balaban J connectivity index is 2.95. The van der Waals surface area contributed by atoms with Crippen molar-refractivity contribution in [2.45, 2.75) is 19.0 Å². The van der Waals surface area contributed by atoms with E-state index in [9.17, 15) is 21.6 Å². The number of hydrogen-bond donors (Lipinski definition) is 1. The van der Waals surface area contributed by atoms with Gasteiger partial charge in [0, 0.05) is 11.6 Å². The molecule has 0 heterocycles. The van der Waals surface area contributed by atoms with Crippen molar-refractivity contribution in [1.82, 2.24) is 0 Å². The van der Waals surface area contributed by atoms with Crippen molar-refractivity contribution in [3.8, 4) is 5.75 Å². The fraction of sp³-hybridized carbons (Fsp3) is 0.500. The molecule has 4 nitrogen and oxygen atoms in total. The zero-order valence-electron chi connectivity index (χ0n) is 11.2. The molecule has 0 bridgehead atoms. The summed E-state index contributed by atoms with van der Waals surface area (Å²) in [5, 5.41) is 0. The Bertz CT molecular complexity index is 576. The molecule has 0 aliphatic heterocycles. The Morgan fingerprint density at radius 3 is 2.48 bits per heavy atom. The van der Waals surface area contributed by atoms with E-state index in [2.05, 4.69) is 9.46 Å². The van der Waals surface area contributed by atoms with Crippen LogP contribution in [0.5, 0.6) is 5.75 Å². The van der Waals surface area contributed by atoms with Crippen LogP contribution in [0.2, 0.25) is 0 Å². The van der Waals surface area contributed by atoms with Gasteiger partial charge in [0.15, 0.2) is 0 Å². The topological polar surface area (TPSA) is 55.4 Å².